The maximum absolute atomic E-state index is 12.1. The molecule has 1 N–H and O–H groups in total. The van der Waals surface area contributed by atoms with Crippen molar-refractivity contribution in [1.29, 1.82) is 0 Å². The zero-order valence-electron chi connectivity index (χ0n) is 6.50. The molecule has 0 unspecified atom stereocenters. The number of nitrogens with zero attached hydrogens (tertiary/aromatic N) is 2. The third kappa shape index (κ3) is 2.42. The molecule has 0 saturated heterocycles. The lowest BCUT2D eigenvalue weighted by atomic mass is 10.4. The first-order chi connectivity index (χ1) is 5.25. The van der Waals surface area contributed by atoms with Crippen LogP contribution in [0.3, 0.4) is 0 Å². The van der Waals surface area contributed by atoms with Crippen LogP contribution in [-0.4, -0.2) is 16.8 Å². The average molecular weight is 198 g/mol. The maximum atomic E-state index is 12.1. The van der Waals surface area contributed by atoms with E-state index >= 15 is 0 Å². The second-order valence-electron chi connectivity index (χ2n) is 2.08. The highest BCUT2D eigenvalue weighted by atomic mass is 35.5. The Morgan fingerprint density at radius 2 is 2.33 bits per heavy atom. The first kappa shape index (κ1) is 11.3. The molecule has 1 rings (SSSR count). The molecular weight excluding hydrogens is 188 g/mol. The molecule has 0 aliphatic carbocycles. The molecule has 0 bridgehead atoms. The first-order valence-electron chi connectivity index (χ1n) is 3.21. The maximum Gasteiger partial charge on any atom is 0.333 e. The summed E-state index contributed by atoms with van der Waals surface area (Å²) in [5.41, 5.74) is 0.488. The fourth-order valence-electron chi connectivity index (χ4n) is 0.839. The van der Waals surface area contributed by atoms with Crippen LogP contribution in [0.1, 0.15) is 12.2 Å². The average Bonchev–Trinajstić information content (AvgIpc) is 2.36. The van der Waals surface area contributed by atoms with Gasteiger partial charge in [0.25, 0.3) is 0 Å². The summed E-state index contributed by atoms with van der Waals surface area (Å²) in [5.74, 6) is 0. The third-order valence-electron chi connectivity index (χ3n) is 1.30. The van der Waals surface area contributed by atoms with Crippen LogP contribution in [0.2, 0.25) is 0 Å². The van der Waals surface area contributed by atoms with Crippen LogP contribution in [0, 0.1) is 0 Å². The van der Waals surface area contributed by atoms with E-state index in [1.807, 2.05) is 0 Å². The van der Waals surface area contributed by atoms with Crippen LogP contribution in [0.5, 0.6) is 0 Å². The number of hydrogen-bond acceptors (Lipinski definition) is 2. The quantitative estimate of drug-likeness (QED) is 0.795. The standard InChI is InChI=1S/C6H9F2N3.ClH/c1-9-4-5-2-3-10-11(5)6(7)8;/h2-3,6,9H,4H2,1H3;1H. The van der Waals surface area contributed by atoms with E-state index in [9.17, 15) is 8.78 Å². The minimum Gasteiger partial charge on any atom is -0.314 e. The van der Waals surface area contributed by atoms with Crippen LogP contribution in [0.15, 0.2) is 12.3 Å². The second-order valence-corrected chi connectivity index (χ2v) is 2.08. The SMILES string of the molecule is CNCc1ccnn1C(F)F.Cl. The van der Waals surface area contributed by atoms with Crippen molar-refractivity contribution in [2.75, 3.05) is 7.05 Å². The molecule has 0 aliphatic rings. The fraction of sp³-hybridized carbons (Fsp3) is 0.500. The number of aromatic nitrogens is 2. The monoisotopic (exact) mass is 197 g/mol. The van der Waals surface area contributed by atoms with Crippen LogP contribution in [0.4, 0.5) is 8.78 Å². The molecule has 1 heterocycles. The van der Waals surface area contributed by atoms with E-state index in [1.54, 1.807) is 13.1 Å². The molecule has 6 heteroatoms. The van der Waals surface area contributed by atoms with Gasteiger partial charge in [0.15, 0.2) is 0 Å². The predicted octanol–water partition coefficient (Wildman–Crippen LogP) is 1.42. The van der Waals surface area contributed by atoms with Crippen molar-refractivity contribution in [1.82, 2.24) is 15.1 Å². The normalized spacial score (nSPS) is 10.0. The van der Waals surface area contributed by atoms with E-state index in [2.05, 4.69) is 10.4 Å². The summed E-state index contributed by atoms with van der Waals surface area (Å²) in [4.78, 5) is 0. The summed E-state index contributed by atoms with van der Waals surface area (Å²) in [5, 5.41) is 6.23. The van der Waals surface area contributed by atoms with E-state index in [1.165, 1.54) is 6.20 Å². The van der Waals surface area contributed by atoms with Crippen molar-refractivity contribution in [3.63, 3.8) is 0 Å². The number of rotatable bonds is 3. The van der Waals surface area contributed by atoms with Crippen LogP contribution in [0.25, 0.3) is 0 Å². The zero-order valence-corrected chi connectivity index (χ0v) is 7.31. The van der Waals surface area contributed by atoms with Gasteiger partial charge in [-0.1, -0.05) is 0 Å². The summed E-state index contributed by atoms with van der Waals surface area (Å²) >= 11 is 0. The number of halogens is 3. The molecule has 0 radical (unpaired) electrons. The van der Waals surface area contributed by atoms with Crippen LogP contribution >= 0.6 is 12.4 Å². The third-order valence-corrected chi connectivity index (χ3v) is 1.30. The molecule has 0 aliphatic heterocycles. The molecular formula is C6H10ClF2N3. The summed E-state index contributed by atoms with van der Waals surface area (Å²) in [7, 11) is 1.70. The van der Waals surface area contributed by atoms with Crippen molar-refractivity contribution in [3.05, 3.63) is 18.0 Å². The molecule has 0 saturated carbocycles. The van der Waals surface area contributed by atoms with Crippen LogP contribution < -0.4 is 5.32 Å². The number of alkyl halides is 2. The smallest absolute Gasteiger partial charge is 0.314 e. The molecule has 12 heavy (non-hydrogen) atoms. The van der Waals surface area contributed by atoms with E-state index < -0.39 is 6.55 Å². The molecule has 3 nitrogen and oxygen atoms in total. The first-order valence-corrected chi connectivity index (χ1v) is 3.21. The van der Waals surface area contributed by atoms with Crippen LogP contribution in [-0.2, 0) is 6.54 Å². The van der Waals surface area contributed by atoms with Crippen molar-refractivity contribution in [3.8, 4) is 0 Å². The van der Waals surface area contributed by atoms with Gasteiger partial charge in [-0.05, 0) is 13.1 Å². The Kier molecular flexibility index (Phi) is 4.77. The Hall–Kier alpha value is -0.680. The summed E-state index contributed by atoms with van der Waals surface area (Å²) in [6, 6.07) is 1.56. The van der Waals surface area contributed by atoms with Gasteiger partial charge in [0.2, 0.25) is 0 Å². The Morgan fingerprint density at radius 1 is 1.67 bits per heavy atom. The second kappa shape index (κ2) is 5.05. The lowest BCUT2D eigenvalue weighted by Crippen LogP contribution is -2.12. The Morgan fingerprint density at radius 3 is 2.83 bits per heavy atom. The van der Waals surface area contributed by atoms with Gasteiger partial charge in [-0.3, -0.25) is 0 Å². The molecule has 70 valence electrons. The number of nitrogens with one attached hydrogen (secondary N) is 1. The highest BCUT2D eigenvalue weighted by molar-refractivity contribution is 5.85. The van der Waals surface area contributed by atoms with Gasteiger partial charge in [0.1, 0.15) is 0 Å². The minimum atomic E-state index is -2.55. The Balaban J connectivity index is 0.00000121. The molecule has 0 aromatic carbocycles. The molecule has 0 spiro atoms. The summed E-state index contributed by atoms with van der Waals surface area (Å²) in [6.07, 6.45) is 1.36. The van der Waals surface area contributed by atoms with Crippen molar-refractivity contribution in [2.24, 2.45) is 0 Å². The molecule has 1 aromatic rings. The van der Waals surface area contributed by atoms with E-state index in [0.29, 0.717) is 16.9 Å². The van der Waals surface area contributed by atoms with Gasteiger partial charge in [-0.15, -0.1) is 12.4 Å². The molecule has 1 aromatic heterocycles. The van der Waals surface area contributed by atoms with E-state index in [0.717, 1.165) is 0 Å². The fourth-order valence-corrected chi connectivity index (χ4v) is 0.839. The van der Waals surface area contributed by atoms with E-state index in [4.69, 9.17) is 0 Å². The highest BCUT2D eigenvalue weighted by Crippen LogP contribution is 2.11. The Labute approximate surface area is 75.2 Å². The lowest BCUT2D eigenvalue weighted by Gasteiger charge is -2.03. The predicted molar refractivity (Wildman–Crippen MR) is 43.5 cm³/mol. The summed E-state index contributed by atoms with van der Waals surface area (Å²) in [6.45, 7) is -2.14. The topological polar surface area (TPSA) is 29.9 Å². The van der Waals surface area contributed by atoms with Gasteiger partial charge in [-0.2, -0.15) is 13.9 Å². The van der Waals surface area contributed by atoms with Gasteiger partial charge in [0, 0.05) is 12.7 Å². The highest BCUT2D eigenvalue weighted by Gasteiger charge is 2.09. The zero-order chi connectivity index (χ0) is 8.27. The summed E-state index contributed by atoms with van der Waals surface area (Å²) < 4.78 is 24.8. The lowest BCUT2D eigenvalue weighted by molar-refractivity contribution is 0.0532. The largest absolute Gasteiger partial charge is 0.333 e. The van der Waals surface area contributed by atoms with Gasteiger partial charge >= 0.3 is 6.55 Å². The number of hydrogen-bond donors (Lipinski definition) is 1. The molecule has 0 atom stereocenters. The van der Waals surface area contributed by atoms with Crippen molar-refractivity contribution < 1.29 is 8.78 Å². The van der Waals surface area contributed by atoms with Gasteiger partial charge in [-0.25, -0.2) is 4.68 Å². The molecule has 0 fully saturated rings. The van der Waals surface area contributed by atoms with E-state index in [-0.39, 0.29) is 12.4 Å². The van der Waals surface area contributed by atoms with Gasteiger partial charge < -0.3 is 5.32 Å². The van der Waals surface area contributed by atoms with Crippen molar-refractivity contribution in [2.45, 2.75) is 13.1 Å². The van der Waals surface area contributed by atoms with Gasteiger partial charge in [0.05, 0.1) is 5.69 Å². The molecule has 0 amide bonds. The minimum absolute atomic E-state index is 0. The van der Waals surface area contributed by atoms with Crippen molar-refractivity contribution >= 4 is 12.4 Å². The Bertz CT molecular complexity index is 226.